The van der Waals surface area contributed by atoms with E-state index in [0.29, 0.717) is 51.6 Å². The van der Waals surface area contributed by atoms with E-state index in [4.69, 9.17) is 22.9 Å². The van der Waals surface area contributed by atoms with E-state index >= 15 is 0 Å². The summed E-state index contributed by atoms with van der Waals surface area (Å²) in [6.45, 7) is 1.11. The SMILES string of the molecule is NC(N)=[NH+]CCC[C@@H]([NH3+])C(=O)[O-].NC(N)=[NH+]CCC[C@H]([NH3+])C(=O)[O-].O.O.O=C([O-])CCCCC(=O)[O-]. The third kappa shape index (κ3) is 40.6. The number of hydrogen-bond donors (Lipinski definition) is 8. The molecule has 36 heavy (non-hydrogen) atoms. The Bertz CT molecular complexity index is 612. The van der Waals surface area contributed by atoms with Crippen LogP contribution in [0.25, 0.3) is 0 Å². The van der Waals surface area contributed by atoms with Crippen LogP contribution in [0.1, 0.15) is 51.4 Å². The number of carboxylic acid groups (broad SMARTS) is 4. The fourth-order valence-electron chi connectivity index (χ4n) is 1.94. The Kier molecular flexibility index (Phi) is 32.4. The molecule has 20 N–H and O–H groups in total. The van der Waals surface area contributed by atoms with E-state index in [0.717, 1.165) is 0 Å². The highest BCUT2D eigenvalue weighted by molar-refractivity contribution is 5.70. The minimum atomic E-state index is -1.14. The molecule has 18 nitrogen and oxygen atoms in total. The summed E-state index contributed by atoms with van der Waals surface area (Å²) in [5.41, 5.74) is 27.2. The summed E-state index contributed by atoms with van der Waals surface area (Å²) in [4.78, 5) is 45.2. The molecular weight excluding hydrogens is 488 g/mol. The first-order valence-corrected chi connectivity index (χ1v) is 10.4. The molecule has 0 radical (unpaired) electrons. The maximum atomic E-state index is 10.2. The van der Waals surface area contributed by atoms with Crippen molar-refractivity contribution in [2.24, 2.45) is 22.9 Å². The highest BCUT2D eigenvalue weighted by Gasteiger charge is 2.06. The lowest BCUT2D eigenvalue weighted by atomic mass is 10.2. The molecule has 0 amide bonds. The van der Waals surface area contributed by atoms with Gasteiger partial charge in [0, 0.05) is 24.8 Å². The van der Waals surface area contributed by atoms with E-state index < -0.39 is 36.0 Å². The zero-order valence-electron chi connectivity index (χ0n) is 20.2. The Morgan fingerprint density at radius 2 is 0.889 bits per heavy atom. The number of carbonyl (C=O) groups is 4. The van der Waals surface area contributed by atoms with Gasteiger partial charge in [-0.05, 0) is 38.5 Å². The van der Waals surface area contributed by atoms with Gasteiger partial charge in [-0.2, -0.15) is 0 Å². The Morgan fingerprint density at radius 3 is 1.08 bits per heavy atom. The normalized spacial score (nSPS) is 10.6. The molecule has 0 bridgehead atoms. The van der Waals surface area contributed by atoms with Crippen molar-refractivity contribution in [1.82, 2.24) is 0 Å². The molecule has 2 atom stereocenters. The molecule has 0 rings (SSSR count). The van der Waals surface area contributed by atoms with Crippen molar-refractivity contribution in [2.75, 3.05) is 13.1 Å². The molecule has 0 heterocycles. The van der Waals surface area contributed by atoms with Gasteiger partial charge >= 0.3 is 11.9 Å². The largest absolute Gasteiger partial charge is 0.550 e. The molecule has 0 aromatic carbocycles. The van der Waals surface area contributed by atoms with Crippen molar-refractivity contribution in [2.45, 2.75) is 63.5 Å². The van der Waals surface area contributed by atoms with Crippen LogP contribution >= 0.6 is 0 Å². The summed E-state index contributed by atoms with van der Waals surface area (Å²) in [6, 6.07) is -1.32. The molecule has 0 aliphatic rings. The van der Waals surface area contributed by atoms with Crippen LogP contribution in [0, 0.1) is 0 Å². The van der Waals surface area contributed by atoms with Crippen LogP contribution in [0.2, 0.25) is 0 Å². The van der Waals surface area contributed by atoms with Crippen LogP contribution in [-0.4, -0.2) is 71.9 Å². The van der Waals surface area contributed by atoms with Gasteiger partial charge in [-0.15, -0.1) is 0 Å². The van der Waals surface area contributed by atoms with Gasteiger partial charge < -0.3 is 62.0 Å². The predicted octanol–water partition coefficient (Wildman–Crippen LogP) is -14.6. The molecule has 0 aliphatic carbocycles. The van der Waals surface area contributed by atoms with E-state index in [9.17, 15) is 39.6 Å². The first-order valence-electron chi connectivity index (χ1n) is 10.4. The number of unbranched alkanes of at least 4 members (excludes halogenated alkanes) is 1. The first kappa shape index (κ1) is 42.4. The quantitative estimate of drug-likeness (QED) is 0.0555. The van der Waals surface area contributed by atoms with Gasteiger partial charge in [-0.3, -0.25) is 32.9 Å². The van der Waals surface area contributed by atoms with E-state index in [1.165, 1.54) is 0 Å². The molecule has 18 heteroatoms. The standard InChI is InChI=1S/2C6H14N4O2.C6H10O4.2H2O/c2*7-4(5(11)12)2-1-3-10-6(8)9;7-5(8)3-1-2-4-6(9)10;;/h2*4H,1-3,7H2,(H,11,12)(H4,8,9,10);1-4H2,(H,7,8)(H,9,10);2*1H2/t2*4-;;;/m10.../s1. The second kappa shape index (κ2) is 27.5. The van der Waals surface area contributed by atoms with Crippen LogP contribution in [0.5, 0.6) is 0 Å². The van der Waals surface area contributed by atoms with Crippen molar-refractivity contribution in [3.8, 4) is 0 Å². The average Bonchev–Trinajstić information content (AvgIpc) is 2.71. The lowest BCUT2D eigenvalue weighted by molar-refractivity contribution is -0.467. The molecular formula is C18H42N8O10. The monoisotopic (exact) mass is 530 g/mol. The van der Waals surface area contributed by atoms with Gasteiger partial charge in [-0.25, -0.2) is 0 Å². The van der Waals surface area contributed by atoms with Crippen molar-refractivity contribution in [3.05, 3.63) is 0 Å². The van der Waals surface area contributed by atoms with E-state index in [2.05, 4.69) is 21.5 Å². The van der Waals surface area contributed by atoms with Crippen molar-refractivity contribution in [3.63, 3.8) is 0 Å². The van der Waals surface area contributed by atoms with Crippen molar-refractivity contribution >= 4 is 35.8 Å². The molecule has 0 unspecified atom stereocenters. The Labute approximate surface area is 208 Å². The summed E-state index contributed by atoms with van der Waals surface area (Å²) in [5, 5.41) is 39.9. The summed E-state index contributed by atoms with van der Waals surface area (Å²) < 4.78 is 0. The number of carboxylic acids is 4. The van der Waals surface area contributed by atoms with Crippen LogP contribution in [0.15, 0.2) is 0 Å². The van der Waals surface area contributed by atoms with Crippen LogP contribution in [0.3, 0.4) is 0 Å². The number of nitrogens with one attached hydrogen (secondary N) is 2. The second-order valence-corrected chi connectivity index (χ2v) is 7.03. The predicted molar refractivity (Wildman–Crippen MR) is 116 cm³/mol. The maximum absolute atomic E-state index is 10.2. The Morgan fingerprint density at radius 1 is 0.611 bits per heavy atom. The minimum Gasteiger partial charge on any atom is -0.550 e. The molecule has 0 aromatic heterocycles. The number of carbonyl (C=O) groups excluding carboxylic acids is 4. The van der Waals surface area contributed by atoms with Crippen LogP contribution in [0.4, 0.5) is 0 Å². The lowest BCUT2D eigenvalue weighted by Crippen LogP contribution is -2.78. The van der Waals surface area contributed by atoms with Crippen LogP contribution < -0.4 is 64.8 Å². The molecule has 214 valence electrons. The second-order valence-electron chi connectivity index (χ2n) is 7.03. The third-order valence-electron chi connectivity index (χ3n) is 3.80. The zero-order chi connectivity index (χ0) is 27.1. The van der Waals surface area contributed by atoms with Gasteiger partial charge in [-0.1, -0.05) is 0 Å². The van der Waals surface area contributed by atoms with Crippen molar-refractivity contribution < 1.29 is 72.0 Å². The first-order chi connectivity index (χ1) is 15.7. The molecule has 0 saturated carbocycles. The minimum absolute atomic E-state index is 0. The number of rotatable bonds is 15. The number of aliphatic carboxylic acids is 4. The number of quaternary nitrogens is 2. The number of guanidine groups is 2. The zero-order valence-corrected chi connectivity index (χ0v) is 20.2. The van der Waals surface area contributed by atoms with Gasteiger partial charge in [0.1, 0.15) is 12.1 Å². The summed E-state index contributed by atoms with van der Waals surface area (Å²) in [7, 11) is 0. The summed E-state index contributed by atoms with van der Waals surface area (Å²) in [6.07, 6.45) is 2.76. The number of nitrogens with two attached hydrogens (primary N) is 4. The molecule has 0 saturated heterocycles. The lowest BCUT2D eigenvalue weighted by Gasteiger charge is -2.06. The molecule has 0 aromatic rings. The van der Waals surface area contributed by atoms with Crippen molar-refractivity contribution in [1.29, 1.82) is 0 Å². The maximum Gasteiger partial charge on any atom is 0.338 e. The van der Waals surface area contributed by atoms with Crippen LogP contribution in [-0.2, 0) is 19.2 Å². The summed E-state index contributed by atoms with van der Waals surface area (Å²) >= 11 is 0. The molecule has 0 aliphatic heterocycles. The van der Waals surface area contributed by atoms with E-state index in [-0.39, 0.29) is 35.7 Å². The van der Waals surface area contributed by atoms with E-state index in [1.807, 2.05) is 0 Å². The fraction of sp³-hybridized carbons (Fsp3) is 0.667. The third-order valence-corrected chi connectivity index (χ3v) is 3.80. The summed E-state index contributed by atoms with van der Waals surface area (Å²) in [5.74, 6) is -4.25. The number of hydrogen-bond acceptors (Lipinski definition) is 8. The average molecular weight is 531 g/mol. The molecule has 0 fully saturated rings. The highest BCUT2D eigenvalue weighted by Crippen LogP contribution is 1.96. The van der Waals surface area contributed by atoms with Gasteiger partial charge in [0.2, 0.25) is 0 Å². The Balaban J connectivity index is -0.000000130. The highest BCUT2D eigenvalue weighted by atomic mass is 16.4. The smallest absolute Gasteiger partial charge is 0.338 e. The van der Waals surface area contributed by atoms with E-state index in [1.54, 1.807) is 0 Å². The molecule has 0 spiro atoms. The topological polar surface area (TPSA) is 411 Å². The van der Waals surface area contributed by atoms with Gasteiger partial charge in [0.25, 0.3) is 0 Å². The fourth-order valence-corrected chi connectivity index (χ4v) is 1.94. The van der Waals surface area contributed by atoms with Gasteiger partial charge in [0.15, 0.2) is 0 Å². The van der Waals surface area contributed by atoms with Gasteiger partial charge in [0.05, 0.1) is 25.0 Å². The Hall–Kier alpha value is -3.74.